The van der Waals surface area contributed by atoms with E-state index in [1.807, 2.05) is 26.8 Å². The molecule has 1 aromatic rings. The van der Waals surface area contributed by atoms with E-state index in [9.17, 15) is 14.7 Å². The first-order valence-corrected chi connectivity index (χ1v) is 10.5. The van der Waals surface area contributed by atoms with Gasteiger partial charge in [0.2, 0.25) is 5.91 Å². The molecule has 0 aliphatic rings. The highest BCUT2D eigenvalue weighted by Gasteiger charge is 2.24. The summed E-state index contributed by atoms with van der Waals surface area (Å²) < 4.78 is 10.3. The molecule has 0 aliphatic carbocycles. The van der Waals surface area contributed by atoms with Crippen molar-refractivity contribution in [1.29, 1.82) is 0 Å². The molecule has 0 saturated carbocycles. The minimum Gasteiger partial charge on any atom is -0.504 e. The first-order chi connectivity index (χ1) is 14.6. The summed E-state index contributed by atoms with van der Waals surface area (Å²) in [5.74, 6) is -0.0722. The molecular weight excluding hydrogens is 396 g/mol. The molecule has 7 nitrogen and oxygen atoms in total. The fraction of sp³-hybridized carbons (Fsp3) is 0.500. The first-order valence-electron chi connectivity index (χ1n) is 10.5. The molecule has 0 saturated heterocycles. The monoisotopic (exact) mass is 432 g/mol. The maximum atomic E-state index is 12.6. The van der Waals surface area contributed by atoms with E-state index in [0.29, 0.717) is 5.75 Å². The standard InChI is InChI=1S/C24H36N2O5/c1-16(2)8-7-9-18(5)12-13-31-24(29)26-22(17(3)4)23(28)25-15-19-10-11-20(27)21(14-19)30-6/h8,10-12,14,17,22,27H,7,9,13,15H2,1-6H3,(H,25,28)(H,26,29)/b18-12+. The fourth-order valence-corrected chi connectivity index (χ4v) is 2.78. The van der Waals surface area contributed by atoms with Crippen LogP contribution in [-0.4, -0.2) is 36.9 Å². The Morgan fingerprint density at radius 1 is 1.16 bits per heavy atom. The number of hydrogen-bond acceptors (Lipinski definition) is 5. The van der Waals surface area contributed by atoms with E-state index < -0.39 is 12.1 Å². The van der Waals surface area contributed by atoms with Crippen molar-refractivity contribution < 1.29 is 24.2 Å². The highest BCUT2D eigenvalue weighted by Crippen LogP contribution is 2.26. The largest absolute Gasteiger partial charge is 0.504 e. The van der Waals surface area contributed by atoms with Gasteiger partial charge in [0.25, 0.3) is 0 Å². The van der Waals surface area contributed by atoms with E-state index in [4.69, 9.17) is 9.47 Å². The summed E-state index contributed by atoms with van der Waals surface area (Å²) in [7, 11) is 1.46. The summed E-state index contributed by atoms with van der Waals surface area (Å²) in [6.45, 7) is 10.2. The molecule has 2 amide bonds. The SMILES string of the molecule is COc1cc(CNC(=O)C(NC(=O)OC/C=C(\C)CCC=C(C)C)C(C)C)ccc1O. The van der Waals surface area contributed by atoms with E-state index in [-0.39, 0.29) is 30.7 Å². The van der Waals surface area contributed by atoms with E-state index in [2.05, 4.69) is 30.6 Å². The van der Waals surface area contributed by atoms with Crippen molar-refractivity contribution in [3.05, 3.63) is 47.1 Å². The highest BCUT2D eigenvalue weighted by atomic mass is 16.5. The molecule has 7 heteroatoms. The summed E-state index contributed by atoms with van der Waals surface area (Å²) in [5, 5.41) is 15.1. The van der Waals surface area contributed by atoms with Gasteiger partial charge in [-0.25, -0.2) is 4.79 Å². The van der Waals surface area contributed by atoms with Gasteiger partial charge in [-0.15, -0.1) is 0 Å². The smallest absolute Gasteiger partial charge is 0.408 e. The number of aromatic hydroxyl groups is 1. The number of alkyl carbamates (subject to hydrolysis) is 1. The third kappa shape index (κ3) is 10.1. The Labute approximate surface area is 185 Å². The second-order valence-corrected chi connectivity index (χ2v) is 8.06. The van der Waals surface area contributed by atoms with Crippen LogP contribution in [0.4, 0.5) is 4.79 Å². The van der Waals surface area contributed by atoms with Gasteiger partial charge in [0.1, 0.15) is 12.6 Å². The molecule has 1 rings (SSSR count). The fourth-order valence-electron chi connectivity index (χ4n) is 2.78. The van der Waals surface area contributed by atoms with Crippen LogP contribution in [0, 0.1) is 5.92 Å². The van der Waals surface area contributed by atoms with Crippen LogP contribution in [0.5, 0.6) is 11.5 Å². The molecule has 0 aromatic heterocycles. The van der Waals surface area contributed by atoms with Crippen molar-refractivity contribution in [2.75, 3.05) is 13.7 Å². The van der Waals surface area contributed by atoms with Crippen LogP contribution < -0.4 is 15.4 Å². The van der Waals surface area contributed by atoms with Crippen LogP contribution in [-0.2, 0) is 16.1 Å². The minimum absolute atomic E-state index is 0.0308. The normalized spacial score (nSPS) is 12.2. The lowest BCUT2D eigenvalue weighted by Crippen LogP contribution is -2.49. The molecule has 0 heterocycles. The van der Waals surface area contributed by atoms with E-state index in [1.54, 1.807) is 12.1 Å². The van der Waals surface area contributed by atoms with Gasteiger partial charge < -0.3 is 25.2 Å². The number of phenols is 1. The molecular formula is C24H36N2O5. The molecule has 0 spiro atoms. The predicted octanol–water partition coefficient (Wildman–Crippen LogP) is 4.46. The number of allylic oxidation sites excluding steroid dienone is 3. The van der Waals surface area contributed by atoms with E-state index >= 15 is 0 Å². The molecule has 0 radical (unpaired) electrons. The van der Waals surface area contributed by atoms with Crippen LogP contribution >= 0.6 is 0 Å². The van der Waals surface area contributed by atoms with Gasteiger partial charge in [-0.3, -0.25) is 4.79 Å². The highest BCUT2D eigenvalue weighted by molar-refractivity contribution is 5.85. The summed E-state index contributed by atoms with van der Waals surface area (Å²) >= 11 is 0. The van der Waals surface area contributed by atoms with Crippen molar-refractivity contribution in [2.45, 2.75) is 60.0 Å². The molecule has 0 aliphatic heterocycles. The lowest BCUT2D eigenvalue weighted by atomic mass is 10.0. The van der Waals surface area contributed by atoms with Gasteiger partial charge in [-0.1, -0.05) is 37.1 Å². The van der Waals surface area contributed by atoms with Gasteiger partial charge in [-0.05, 0) is 63.3 Å². The Kier molecular flexibility index (Phi) is 11.2. The Bertz CT molecular complexity index is 795. The predicted molar refractivity (Wildman–Crippen MR) is 122 cm³/mol. The Morgan fingerprint density at radius 3 is 2.48 bits per heavy atom. The van der Waals surface area contributed by atoms with Gasteiger partial charge in [0.05, 0.1) is 7.11 Å². The molecule has 31 heavy (non-hydrogen) atoms. The second-order valence-electron chi connectivity index (χ2n) is 8.06. The summed E-state index contributed by atoms with van der Waals surface area (Å²) in [6.07, 6.45) is 5.29. The van der Waals surface area contributed by atoms with Crippen LogP contribution in [0.2, 0.25) is 0 Å². The van der Waals surface area contributed by atoms with Gasteiger partial charge in [0, 0.05) is 6.54 Å². The second kappa shape index (κ2) is 13.4. The Morgan fingerprint density at radius 2 is 1.87 bits per heavy atom. The van der Waals surface area contributed by atoms with Crippen molar-refractivity contribution in [1.82, 2.24) is 10.6 Å². The molecule has 0 bridgehead atoms. The van der Waals surface area contributed by atoms with Gasteiger partial charge in [-0.2, -0.15) is 0 Å². The Balaban J connectivity index is 2.54. The number of ether oxygens (including phenoxy) is 2. The number of nitrogens with one attached hydrogen (secondary N) is 2. The van der Waals surface area contributed by atoms with Gasteiger partial charge >= 0.3 is 6.09 Å². The van der Waals surface area contributed by atoms with Crippen LogP contribution in [0.15, 0.2) is 41.5 Å². The van der Waals surface area contributed by atoms with Crippen molar-refractivity contribution in [3.8, 4) is 11.5 Å². The topological polar surface area (TPSA) is 96.9 Å². The summed E-state index contributed by atoms with van der Waals surface area (Å²) in [5.41, 5.74) is 3.19. The lowest BCUT2D eigenvalue weighted by molar-refractivity contribution is -0.124. The van der Waals surface area contributed by atoms with E-state index in [0.717, 1.165) is 24.0 Å². The molecule has 3 N–H and O–H groups in total. The average Bonchev–Trinajstić information content (AvgIpc) is 2.70. The first kappa shape index (κ1) is 26.1. The van der Waals surface area contributed by atoms with Crippen molar-refractivity contribution in [3.63, 3.8) is 0 Å². The van der Waals surface area contributed by atoms with Crippen LogP contribution in [0.25, 0.3) is 0 Å². The number of benzene rings is 1. The quantitative estimate of drug-likeness (QED) is 0.449. The molecule has 1 unspecified atom stereocenters. The van der Waals surface area contributed by atoms with E-state index in [1.165, 1.54) is 18.7 Å². The maximum Gasteiger partial charge on any atom is 0.408 e. The van der Waals surface area contributed by atoms with Gasteiger partial charge in [0.15, 0.2) is 11.5 Å². The number of hydrogen-bond donors (Lipinski definition) is 3. The lowest BCUT2D eigenvalue weighted by Gasteiger charge is -2.21. The zero-order valence-corrected chi connectivity index (χ0v) is 19.5. The number of rotatable bonds is 11. The number of phenolic OH excluding ortho intramolecular Hbond substituents is 1. The number of amides is 2. The molecule has 172 valence electrons. The number of methoxy groups -OCH3 is 1. The zero-order valence-electron chi connectivity index (χ0n) is 19.5. The summed E-state index contributed by atoms with van der Waals surface area (Å²) in [6, 6.07) is 4.12. The maximum absolute atomic E-state index is 12.6. The minimum atomic E-state index is -0.728. The number of carbonyl (C=O) groups excluding carboxylic acids is 2. The van der Waals surface area contributed by atoms with Crippen molar-refractivity contribution >= 4 is 12.0 Å². The summed E-state index contributed by atoms with van der Waals surface area (Å²) in [4.78, 5) is 24.7. The third-order valence-electron chi connectivity index (χ3n) is 4.67. The third-order valence-corrected chi connectivity index (χ3v) is 4.67. The molecule has 0 fully saturated rings. The Hall–Kier alpha value is -2.96. The van der Waals surface area contributed by atoms with Crippen LogP contribution in [0.1, 0.15) is 53.0 Å². The molecule has 1 atom stereocenters. The molecule has 1 aromatic carbocycles. The average molecular weight is 433 g/mol. The number of carbonyl (C=O) groups is 2. The zero-order chi connectivity index (χ0) is 23.4. The van der Waals surface area contributed by atoms with Crippen LogP contribution in [0.3, 0.4) is 0 Å². The van der Waals surface area contributed by atoms with Crippen molar-refractivity contribution in [2.24, 2.45) is 5.92 Å².